The Labute approximate surface area is 296 Å². The summed E-state index contributed by atoms with van der Waals surface area (Å²) in [4.78, 5) is 12.9. The summed E-state index contributed by atoms with van der Waals surface area (Å²) in [5.41, 5.74) is 1.50. The van der Waals surface area contributed by atoms with E-state index in [2.05, 4.69) is 47.3 Å². The molecule has 16 atom stereocenters. The van der Waals surface area contributed by atoms with Crippen molar-refractivity contribution in [2.75, 3.05) is 13.2 Å². The minimum absolute atomic E-state index is 0.00888. The molecule has 0 amide bonds. The minimum Gasteiger partial charge on any atom is -0.481 e. The first-order chi connectivity index (χ1) is 23.4. The van der Waals surface area contributed by atoms with Crippen LogP contribution in [0.5, 0.6) is 0 Å². The maximum Gasteiger partial charge on any atom is 0.310 e. The van der Waals surface area contributed by atoms with Gasteiger partial charge in [-0.05, 0) is 97.7 Å². The summed E-state index contributed by atoms with van der Waals surface area (Å²) in [6, 6.07) is 0. The maximum absolute atomic E-state index is 12.9. The molecule has 7 aliphatic rings. The van der Waals surface area contributed by atoms with Gasteiger partial charge in [-0.3, -0.25) is 4.79 Å². The predicted octanol–water partition coefficient (Wildman–Crippen LogP) is 3.69. The standard InChI is InChI=1S/C39H60O11/c1-20-9-14-39(34(45)46)16-15-37(5)21(22(39)17-20)7-8-26-36(4)12-11-27(35(2,3)25(36)10-13-38(26,37)6)49-33-31(29(43)24(41)19-48-33)50-32-30(44)28(42)23(40)18-47-32/h7,22-33,40-44H,1,8-19H2,2-6H3,(H,45,46)/t22-,23+,24-,25+,26-,27-,28-,29-,30+,31+,32-,33+,36-,37+,38+,39-/m0/s1. The quantitative estimate of drug-likeness (QED) is 0.182. The van der Waals surface area contributed by atoms with Crippen LogP contribution in [0.1, 0.15) is 98.8 Å². The lowest BCUT2D eigenvalue weighted by molar-refractivity contribution is -0.357. The summed E-state index contributed by atoms with van der Waals surface area (Å²) in [5, 5.41) is 62.7. The van der Waals surface area contributed by atoms with Crippen LogP contribution in [0.4, 0.5) is 0 Å². The van der Waals surface area contributed by atoms with Gasteiger partial charge < -0.3 is 49.6 Å². The monoisotopic (exact) mass is 704 g/mol. The van der Waals surface area contributed by atoms with Crippen LogP contribution in [-0.2, 0) is 23.7 Å². The number of carboxylic acid groups (broad SMARTS) is 1. The molecule has 0 aromatic heterocycles. The Hall–Kier alpha value is -1.41. The van der Waals surface area contributed by atoms with Gasteiger partial charge in [0.15, 0.2) is 12.6 Å². The molecule has 282 valence electrons. The largest absolute Gasteiger partial charge is 0.481 e. The molecule has 50 heavy (non-hydrogen) atoms. The van der Waals surface area contributed by atoms with Crippen molar-refractivity contribution >= 4 is 5.97 Å². The molecule has 0 unspecified atom stereocenters. The predicted molar refractivity (Wildman–Crippen MR) is 181 cm³/mol. The number of aliphatic hydroxyl groups is 5. The lowest BCUT2D eigenvalue weighted by atomic mass is 9.34. The Morgan fingerprint density at radius 3 is 2.20 bits per heavy atom. The van der Waals surface area contributed by atoms with Gasteiger partial charge >= 0.3 is 5.97 Å². The molecular weight excluding hydrogens is 644 g/mol. The fraction of sp³-hybridized carbons (Fsp3) is 0.872. The second-order valence-corrected chi connectivity index (χ2v) is 18.4. The van der Waals surface area contributed by atoms with Gasteiger partial charge in [0, 0.05) is 5.92 Å². The highest BCUT2D eigenvalue weighted by Gasteiger charge is 2.69. The lowest BCUT2D eigenvalue weighted by Crippen LogP contribution is -2.65. The molecule has 4 saturated carbocycles. The first-order valence-electron chi connectivity index (χ1n) is 19.0. The van der Waals surface area contributed by atoms with Gasteiger partial charge in [-0.15, -0.1) is 0 Å². The maximum atomic E-state index is 12.9. The summed E-state index contributed by atoms with van der Waals surface area (Å²) in [6.45, 7) is 15.8. The molecule has 2 heterocycles. The zero-order valence-corrected chi connectivity index (χ0v) is 30.4. The van der Waals surface area contributed by atoms with Gasteiger partial charge in [-0.1, -0.05) is 58.4 Å². The van der Waals surface area contributed by atoms with Crippen molar-refractivity contribution in [1.29, 1.82) is 0 Å². The van der Waals surface area contributed by atoms with Crippen LogP contribution in [0.3, 0.4) is 0 Å². The van der Waals surface area contributed by atoms with Crippen molar-refractivity contribution in [2.45, 2.75) is 154 Å². The van der Waals surface area contributed by atoms with Gasteiger partial charge in [0.25, 0.3) is 0 Å². The summed E-state index contributed by atoms with van der Waals surface area (Å²) in [5.74, 6) is 0.103. The van der Waals surface area contributed by atoms with E-state index in [1.165, 1.54) is 11.1 Å². The molecule has 0 aromatic rings. The van der Waals surface area contributed by atoms with Gasteiger partial charge in [0.1, 0.15) is 36.6 Å². The van der Waals surface area contributed by atoms with Gasteiger partial charge in [0.2, 0.25) is 0 Å². The number of carboxylic acids is 1. The Kier molecular flexibility index (Phi) is 9.30. The SMILES string of the molecule is C=C1CC[C@]2(C(=O)O)CC[C@]3(C)C(=CC[C@H]4[C@@]5(C)CC[C@H](O[C@H]6OC[C@H](O)[C@H](O)[C@H]6O[C@@H]6OC[C@@H](O)[C@H](O)[C@H]6O)C(C)(C)[C@H]5CC[C@]43C)[C@@H]2C1. The molecule has 0 radical (unpaired) electrons. The minimum atomic E-state index is -1.57. The number of carbonyl (C=O) groups is 1. The normalized spacial score (nSPS) is 53.2. The summed E-state index contributed by atoms with van der Waals surface area (Å²) in [7, 11) is 0. The number of rotatable bonds is 5. The molecular formula is C39H60O11. The van der Waals surface area contributed by atoms with E-state index in [4.69, 9.17) is 18.9 Å². The zero-order valence-electron chi connectivity index (χ0n) is 30.4. The van der Waals surface area contributed by atoms with Crippen LogP contribution in [0.15, 0.2) is 23.8 Å². The van der Waals surface area contributed by atoms with E-state index >= 15 is 0 Å². The summed E-state index contributed by atoms with van der Waals surface area (Å²) < 4.78 is 24.1. The average molecular weight is 705 g/mol. The van der Waals surface area contributed by atoms with E-state index in [0.717, 1.165) is 51.4 Å². The van der Waals surface area contributed by atoms with Crippen LogP contribution in [0.2, 0.25) is 0 Å². The molecule has 11 nitrogen and oxygen atoms in total. The fourth-order valence-corrected chi connectivity index (χ4v) is 12.7. The summed E-state index contributed by atoms with van der Waals surface area (Å²) >= 11 is 0. The van der Waals surface area contributed by atoms with E-state index in [1.807, 2.05) is 0 Å². The number of aliphatic carboxylic acids is 1. The van der Waals surface area contributed by atoms with Crippen LogP contribution in [-0.4, -0.2) is 105 Å². The van der Waals surface area contributed by atoms with Crippen LogP contribution < -0.4 is 0 Å². The Morgan fingerprint density at radius 1 is 0.820 bits per heavy atom. The number of ether oxygens (including phenoxy) is 4. The molecule has 5 aliphatic carbocycles. The Bertz CT molecular complexity index is 1380. The van der Waals surface area contributed by atoms with Crippen LogP contribution in [0.25, 0.3) is 0 Å². The third-order valence-electron chi connectivity index (χ3n) is 15.9. The van der Waals surface area contributed by atoms with Crippen molar-refractivity contribution in [3.05, 3.63) is 23.8 Å². The third-order valence-corrected chi connectivity index (χ3v) is 15.9. The first kappa shape index (κ1) is 36.9. The van der Waals surface area contributed by atoms with Crippen molar-refractivity contribution in [3.63, 3.8) is 0 Å². The molecule has 6 N–H and O–H groups in total. The molecule has 2 aliphatic heterocycles. The number of hydrogen-bond donors (Lipinski definition) is 6. The highest BCUT2D eigenvalue weighted by molar-refractivity contribution is 5.77. The van der Waals surface area contributed by atoms with Gasteiger partial charge in [-0.2, -0.15) is 0 Å². The van der Waals surface area contributed by atoms with E-state index < -0.39 is 60.6 Å². The zero-order chi connectivity index (χ0) is 36.2. The highest BCUT2D eigenvalue weighted by atomic mass is 16.7. The fourth-order valence-electron chi connectivity index (χ4n) is 12.7. The number of hydrogen-bond acceptors (Lipinski definition) is 10. The Morgan fingerprint density at radius 2 is 1.50 bits per heavy atom. The molecule has 2 saturated heterocycles. The highest BCUT2D eigenvalue weighted by Crippen LogP contribution is 2.75. The van der Waals surface area contributed by atoms with E-state index in [0.29, 0.717) is 24.7 Å². The average Bonchev–Trinajstić information content (AvgIpc) is 3.05. The smallest absolute Gasteiger partial charge is 0.310 e. The molecule has 11 heteroatoms. The van der Waals surface area contributed by atoms with E-state index in [1.54, 1.807) is 0 Å². The number of fused-ring (bicyclic) bond motifs is 7. The van der Waals surface area contributed by atoms with Crippen molar-refractivity contribution in [1.82, 2.24) is 0 Å². The van der Waals surface area contributed by atoms with Crippen LogP contribution >= 0.6 is 0 Å². The third kappa shape index (κ3) is 5.27. The number of aliphatic hydroxyl groups excluding tert-OH is 5. The topological polar surface area (TPSA) is 175 Å². The molecule has 0 bridgehead atoms. The molecule has 0 aromatic carbocycles. The lowest BCUT2D eigenvalue weighted by Gasteiger charge is -2.71. The van der Waals surface area contributed by atoms with Gasteiger partial charge in [0.05, 0.1) is 24.7 Å². The van der Waals surface area contributed by atoms with E-state index in [-0.39, 0.29) is 46.9 Å². The molecule has 7 rings (SSSR count). The second kappa shape index (κ2) is 12.6. The number of allylic oxidation sites excluding steroid dienone is 3. The second-order valence-electron chi connectivity index (χ2n) is 18.4. The first-order valence-corrected chi connectivity index (χ1v) is 19.0. The molecule has 6 fully saturated rings. The van der Waals surface area contributed by atoms with Crippen molar-refractivity contribution in [2.24, 2.45) is 44.8 Å². The van der Waals surface area contributed by atoms with E-state index in [9.17, 15) is 35.4 Å². The van der Waals surface area contributed by atoms with Crippen molar-refractivity contribution in [3.8, 4) is 0 Å². The summed E-state index contributed by atoms with van der Waals surface area (Å²) in [6.07, 6.45) is 0.143. The van der Waals surface area contributed by atoms with Crippen molar-refractivity contribution < 1.29 is 54.4 Å². The molecule has 0 spiro atoms. The Balaban J connectivity index is 1.13. The van der Waals surface area contributed by atoms with Gasteiger partial charge in [-0.25, -0.2) is 0 Å². The van der Waals surface area contributed by atoms with Crippen LogP contribution in [0, 0.1) is 44.8 Å².